The van der Waals surface area contributed by atoms with Crippen molar-refractivity contribution in [2.24, 2.45) is 5.92 Å². The second-order valence-corrected chi connectivity index (χ2v) is 8.29. The number of carbonyl (C=O) groups excluding carboxylic acids is 1. The molecule has 0 radical (unpaired) electrons. The molecular weight excluding hydrogens is 374 g/mol. The quantitative estimate of drug-likeness (QED) is 0.584. The molecule has 2 aromatic rings. The standard InChI is InChI=1S/C21H25N3O3S/c1-15-5-8-18(9-6-15)28-20-10-7-17(12-19(20)24(26)27)21(25)23-11-3-4-16(14-23)13-22-2/h5-10,12,16,22H,3-4,11,13-14H2,1-2H3. The molecule has 148 valence electrons. The molecule has 6 nitrogen and oxygen atoms in total. The molecule has 0 aliphatic carbocycles. The van der Waals surface area contributed by atoms with Crippen molar-refractivity contribution in [3.8, 4) is 0 Å². The van der Waals surface area contributed by atoms with Crippen molar-refractivity contribution >= 4 is 23.4 Å². The van der Waals surface area contributed by atoms with Crippen LogP contribution in [0.15, 0.2) is 52.3 Å². The molecule has 1 saturated heterocycles. The number of amides is 1. The van der Waals surface area contributed by atoms with E-state index >= 15 is 0 Å². The lowest BCUT2D eigenvalue weighted by atomic mass is 9.97. The monoisotopic (exact) mass is 399 g/mol. The molecule has 28 heavy (non-hydrogen) atoms. The highest BCUT2D eigenvalue weighted by molar-refractivity contribution is 7.99. The van der Waals surface area contributed by atoms with Crippen LogP contribution in [-0.2, 0) is 0 Å². The van der Waals surface area contributed by atoms with Gasteiger partial charge in [-0.25, -0.2) is 0 Å². The van der Waals surface area contributed by atoms with Crippen molar-refractivity contribution in [2.75, 3.05) is 26.7 Å². The zero-order valence-electron chi connectivity index (χ0n) is 16.2. The van der Waals surface area contributed by atoms with Crippen molar-refractivity contribution in [1.29, 1.82) is 0 Å². The molecule has 0 aromatic heterocycles. The highest BCUT2D eigenvalue weighted by Gasteiger charge is 2.26. The number of rotatable bonds is 6. The van der Waals surface area contributed by atoms with Gasteiger partial charge in [-0.05, 0) is 63.5 Å². The molecule has 1 amide bonds. The van der Waals surface area contributed by atoms with Crippen molar-refractivity contribution < 1.29 is 9.72 Å². The number of carbonyl (C=O) groups is 1. The summed E-state index contributed by atoms with van der Waals surface area (Å²) in [6.07, 6.45) is 2.05. The number of hydrogen-bond donors (Lipinski definition) is 1. The lowest BCUT2D eigenvalue weighted by Crippen LogP contribution is -2.42. The van der Waals surface area contributed by atoms with E-state index in [1.165, 1.54) is 17.8 Å². The van der Waals surface area contributed by atoms with Crippen LogP contribution in [0.1, 0.15) is 28.8 Å². The molecule has 1 aliphatic rings. The third-order valence-electron chi connectivity index (χ3n) is 4.95. The van der Waals surface area contributed by atoms with E-state index in [4.69, 9.17) is 0 Å². The predicted molar refractivity (Wildman–Crippen MR) is 111 cm³/mol. The number of hydrogen-bond acceptors (Lipinski definition) is 5. The second kappa shape index (κ2) is 9.21. The first-order chi connectivity index (χ1) is 13.5. The number of piperidine rings is 1. The highest BCUT2D eigenvalue weighted by atomic mass is 32.2. The van der Waals surface area contributed by atoms with Gasteiger partial charge in [0.15, 0.2) is 0 Å². The minimum atomic E-state index is -0.409. The lowest BCUT2D eigenvalue weighted by Gasteiger charge is -2.32. The molecular formula is C21H25N3O3S. The number of nitro benzene ring substituents is 1. The van der Waals surface area contributed by atoms with E-state index < -0.39 is 4.92 Å². The number of benzene rings is 2. The van der Waals surface area contributed by atoms with Crippen LogP contribution in [0.25, 0.3) is 0 Å². The summed E-state index contributed by atoms with van der Waals surface area (Å²) in [7, 11) is 1.91. The zero-order valence-corrected chi connectivity index (χ0v) is 17.0. The maximum atomic E-state index is 12.9. The molecule has 0 bridgehead atoms. The molecule has 0 saturated carbocycles. The molecule has 2 aromatic carbocycles. The zero-order chi connectivity index (χ0) is 20.1. The molecule has 1 aliphatic heterocycles. The van der Waals surface area contributed by atoms with Crippen molar-refractivity contribution in [3.05, 3.63) is 63.7 Å². The van der Waals surface area contributed by atoms with Gasteiger partial charge in [-0.15, -0.1) is 0 Å². The first-order valence-corrected chi connectivity index (χ1v) is 10.3. The van der Waals surface area contributed by atoms with Gasteiger partial charge >= 0.3 is 0 Å². The van der Waals surface area contributed by atoms with E-state index in [2.05, 4.69) is 5.32 Å². The van der Waals surface area contributed by atoms with Crippen LogP contribution in [0, 0.1) is 23.0 Å². The molecule has 1 fully saturated rings. The summed E-state index contributed by atoms with van der Waals surface area (Å²) in [4.78, 5) is 27.4. The van der Waals surface area contributed by atoms with Gasteiger partial charge in [0.1, 0.15) is 0 Å². The van der Waals surface area contributed by atoms with Crippen LogP contribution in [0.4, 0.5) is 5.69 Å². The Kier molecular flexibility index (Phi) is 6.70. The molecule has 1 atom stereocenters. The minimum absolute atomic E-state index is 0.0276. The fraction of sp³-hybridized carbons (Fsp3) is 0.381. The van der Waals surface area contributed by atoms with E-state index in [9.17, 15) is 14.9 Å². The van der Waals surface area contributed by atoms with Crippen LogP contribution >= 0.6 is 11.8 Å². The minimum Gasteiger partial charge on any atom is -0.338 e. The Morgan fingerprint density at radius 2 is 2.04 bits per heavy atom. The van der Waals surface area contributed by atoms with E-state index in [1.54, 1.807) is 12.1 Å². The van der Waals surface area contributed by atoms with Crippen LogP contribution in [0.3, 0.4) is 0 Å². The lowest BCUT2D eigenvalue weighted by molar-refractivity contribution is -0.387. The molecule has 3 rings (SSSR count). The first-order valence-electron chi connectivity index (χ1n) is 9.44. The topological polar surface area (TPSA) is 75.5 Å². The summed E-state index contributed by atoms with van der Waals surface area (Å²) < 4.78 is 0. The Hall–Kier alpha value is -2.38. The van der Waals surface area contributed by atoms with E-state index in [0.717, 1.165) is 29.8 Å². The Morgan fingerprint density at radius 3 is 2.71 bits per heavy atom. The Labute approximate surface area is 169 Å². The van der Waals surface area contributed by atoms with E-state index in [0.29, 0.717) is 29.5 Å². The number of aryl methyl sites for hydroxylation is 1. The maximum absolute atomic E-state index is 12.9. The van der Waals surface area contributed by atoms with Crippen molar-refractivity contribution in [2.45, 2.75) is 29.6 Å². The number of nitro groups is 1. The third kappa shape index (κ3) is 4.91. The molecule has 1 N–H and O–H groups in total. The fourth-order valence-electron chi connectivity index (χ4n) is 3.50. The van der Waals surface area contributed by atoms with Gasteiger partial charge < -0.3 is 10.2 Å². The van der Waals surface area contributed by atoms with Crippen LogP contribution in [0.2, 0.25) is 0 Å². The summed E-state index contributed by atoms with van der Waals surface area (Å²) in [6.45, 7) is 4.26. The van der Waals surface area contributed by atoms with Gasteiger partial charge in [0.2, 0.25) is 0 Å². The summed E-state index contributed by atoms with van der Waals surface area (Å²) in [5.74, 6) is 0.296. The second-order valence-electron chi connectivity index (χ2n) is 7.17. The van der Waals surface area contributed by atoms with Gasteiger partial charge in [-0.2, -0.15) is 0 Å². The summed E-state index contributed by atoms with van der Waals surface area (Å²) in [5, 5.41) is 14.8. The number of nitrogens with one attached hydrogen (secondary N) is 1. The molecule has 7 heteroatoms. The SMILES string of the molecule is CNCC1CCCN(C(=O)c2ccc(Sc3ccc(C)cc3)c([N+](=O)[O-])c2)C1. The predicted octanol–water partition coefficient (Wildman–Crippen LogP) is 4.13. The Bertz CT molecular complexity index is 852. The van der Waals surface area contributed by atoms with Gasteiger partial charge in [0.05, 0.1) is 9.82 Å². The van der Waals surface area contributed by atoms with Crippen molar-refractivity contribution in [3.63, 3.8) is 0 Å². The molecule has 0 spiro atoms. The van der Waals surface area contributed by atoms with Gasteiger partial charge in [-0.3, -0.25) is 14.9 Å². The molecule has 1 unspecified atom stereocenters. The van der Waals surface area contributed by atoms with Crippen LogP contribution in [-0.4, -0.2) is 42.4 Å². The van der Waals surface area contributed by atoms with E-state index in [-0.39, 0.29) is 11.6 Å². The molecule has 1 heterocycles. The summed E-state index contributed by atoms with van der Waals surface area (Å²) in [5.41, 5.74) is 1.49. The van der Waals surface area contributed by atoms with Gasteiger partial charge in [-0.1, -0.05) is 29.5 Å². The third-order valence-corrected chi connectivity index (χ3v) is 6.02. The van der Waals surface area contributed by atoms with Gasteiger partial charge in [0.25, 0.3) is 11.6 Å². The fourth-order valence-corrected chi connectivity index (χ4v) is 4.40. The number of likely N-dealkylation sites (tertiary alicyclic amines) is 1. The van der Waals surface area contributed by atoms with Crippen LogP contribution in [0.5, 0.6) is 0 Å². The van der Waals surface area contributed by atoms with Crippen LogP contribution < -0.4 is 5.32 Å². The first kappa shape index (κ1) is 20.4. The Balaban J connectivity index is 1.80. The summed E-state index contributed by atoms with van der Waals surface area (Å²) in [6, 6.07) is 12.6. The van der Waals surface area contributed by atoms with Crippen molar-refractivity contribution in [1.82, 2.24) is 10.2 Å². The average Bonchev–Trinajstić information content (AvgIpc) is 2.70. The number of nitrogens with zero attached hydrogens (tertiary/aromatic N) is 2. The maximum Gasteiger partial charge on any atom is 0.284 e. The highest BCUT2D eigenvalue weighted by Crippen LogP contribution is 2.35. The van der Waals surface area contributed by atoms with E-state index in [1.807, 2.05) is 43.1 Å². The largest absolute Gasteiger partial charge is 0.338 e. The normalized spacial score (nSPS) is 16.8. The summed E-state index contributed by atoms with van der Waals surface area (Å²) >= 11 is 1.34. The van der Waals surface area contributed by atoms with Gasteiger partial charge in [0, 0.05) is 29.6 Å². The Morgan fingerprint density at radius 1 is 1.29 bits per heavy atom. The smallest absolute Gasteiger partial charge is 0.284 e. The average molecular weight is 400 g/mol.